The minimum absolute atomic E-state index is 0.159. The summed E-state index contributed by atoms with van der Waals surface area (Å²) in [6, 6.07) is 2.81. The first-order valence-electron chi connectivity index (χ1n) is 5.21. The number of aromatic nitrogens is 1. The highest BCUT2D eigenvalue weighted by Crippen LogP contribution is 2.15. The molecule has 0 aliphatic heterocycles. The molecule has 1 rings (SSSR count). The summed E-state index contributed by atoms with van der Waals surface area (Å²) in [7, 11) is 0. The molecule has 0 radical (unpaired) electrons. The van der Waals surface area contributed by atoms with E-state index < -0.39 is 5.97 Å². The number of hydrogen-bond donors (Lipinski definition) is 0. The molecule has 1 aromatic heterocycles. The van der Waals surface area contributed by atoms with E-state index in [0.29, 0.717) is 13.2 Å². The SMILES string of the molecule is CCCOCCOC(=O)c1cc(Cl)nc(Cl)c1. The number of ether oxygens (including phenoxy) is 2. The van der Waals surface area contributed by atoms with E-state index >= 15 is 0 Å². The van der Waals surface area contributed by atoms with Gasteiger partial charge in [0, 0.05) is 6.61 Å². The lowest BCUT2D eigenvalue weighted by Gasteiger charge is -2.05. The lowest BCUT2D eigenvalue weighted by Crippen LogP contribution is -2.11. The number of carbonyl (C=O) groups is 1. The van der Waals surface area contributed by atoms with Crippen molar-refractivity contribution >= 4 is 29.2 Å². The first-order valence-corrected chi connectivity index (χ1v) is 5.97. The van der Waals surface area contributed by atoms with Gasteiger partial charge in [-0.15, -0.1) is 0 Å². The molecule has 6 heteroatoms. The molecule has 1 heterocycles. The number of pyridine rings is 1. The zero-order valence-corrected chi connectivity index (χ0v) is 10.9. The van der Waals surface area contributed by atoms with E-state index in [1.54, 1.807) is 0 Å². The van der Waals surface area contributed by atoms with Crippen LogP contribution in [0.15, 0.2) is 12.1 Å². The summed E-state index contributed by atoms with van der Waals surface area (Å²) in [5.74, 6) is -0.490. The van der Waals surface area contributed by atoms with Crippen molar-refractivity contribution in [3.05, 3.63) is 28.0 Å². The van der Waals surface area contributed by atoms with Crippen LogP contribution in [0.1, 0.15) is 23.7 Å². The van der Waals surface area contributed by atoms with E-state index in [1.807, 2.05) is 6.92 Å². The fourth-order valence-corrected chi connectivity index (χ4v) is 1.57. The molecule has 0 atom stereocenters. The Morgan fingerprint density at radius 3 is 2.47 bits per heavy atom. The van der Waals surface area contributed by atoms with Crippen molar-refractivity contribution in [3.8, 4) is 0 Å². The van der Waals surface area contributed by atoms with E-state index in [-0.39, 0.29) is 22.5 Å². The largest absolute Gasteiger partial charge is 0.460 e. The molecule has 0 amide bonds. The molecule has 0 aliphatic rings. The van der Waals surface area contributed by atoms with Gasteiger partial charge < -0.3 is 9.47 Å². The summed E-state index contributed by atoms with van der Waals surface area (Å²) in [5.41, 5.74) is 0.283. The highest BCUT2D eigenvalue weighted by atomic mass is 35.5. The Morgan fingerprint density at radius 2 is 1.88 bits per heavy atom. The van der Waals surface area contributed by atoms with Crippen LogP contribution < -0.4 is 0 Å². The van der Waals surface area contributed by atoms with Gasteiger partial charge in [-0.05, 0) is 18.6 Å². The second kappa shape index (κ2) is 7.48. The fourth-order valence-electron chi connectivity index (χ4n) is 1.11. The number of rotatable bonds is 6. The maximum atomic E-state index is 11.6. The van der Waals surface area contributed by atoms with Crippen molar-refractivity contribution in [1.29, 1.82) is 0 Å². The molecule has 0 saturated carbocycles. The van der Waals surface area contributed by atoms with Crippen molar-refractivity contribution in [1.82, 2.24) is 4.98 Å². The molecule has 0 aliphatic carbocycles. The molecule has 0 unspecified atom stereocenters. The number of halogens is 2. The van der Waals surface area contributed by atoms with Crippen molar-refractivity contribution < 1.29 is 14.3 Å². The van der Waals surface area contributed by atoms with Gasteiger partial charge in [0.1, 0.15) is 16.9 Å². The van der Waals surface area contributed by atoms with E-state index in [2.05, 4.69) is 4.98 Å². The molecule has 0 bridgehead atoms. The maximum Gasteiger partial charge on any atom is 0.338 e. The Balaban J connectivity index is 2.41. The van der Waals surface area contributed by atoms with Crippen molar-refractivity contribution in [2.75, 3.05) is 19.8 Å². The quantitative estimate of drug-likeness (QED) is 0.456. The zero-order valence-electron chi connectivity index (χ0n) is 9.41. The monoisotopic (exact) mass is 277 g/mol. The molecule has 94 valence electrons. The summed E-state index contributed by atoms with van der Waals surface area (Å²) in [5, 5.41) is 0.318. The average molecular weight is 278 g/mol. The summed E-state index contributed by atoms with van der Waals surface area (Å²) in [4.78, 5) is 15.3. The van der Waals surface area contributed by atoms with Gasteiger partial charge in [0.05, 0.1) is 12.2 Å². The third kappa shape index (κ3) is 5.35. The molecular weight excluding hydrogens is 265 g/mol. The number of esters is 1. The van der Waals surface area contributed by atoms with Crippen LogP contribution in [-0.4, -0.2) is 30.8 Å². The van der Waals surface area contributed by atoms with Gasteiger partial charge >= 0.3 is 5.97 Å². The van der Waals surface area contributed by atoms with Crippen molar-refractivity contribution in [3.63, 3.8) is 0 Å². The number of carbonyl (C=O) groups excluding carboxylic acids is 1. The predicted molar refractivity (Wildman–Crippen MR) is 65.6 cm³/mol. The summed E-state index contributed by atoms with van der Waals surface area (Å²) in [6.07, 6.45) is 0.934. The first kappa shape index (κ1) is 14.2. The Kier molecular flexibility index (Phi) is 6.26. The minimum atomic E-state index is -0.490. The van der Waals surface area contributed by atoms with E-state index in [0.717, 1.165) is 6.42 Å². The first-order chi connectivity index (χ1) is 8.13. The van der Waals surface area contributed by atoms with Gasteiger partial charge in [0.15, 0.2) is 0 Å². The molecule has 0 spiro atoms. The Hall–Kier alpha value is -0.840. The van der Waals surface area contributed by atoms with E-state index in [9.17, 15) is 4.79 Å². The Labute approximate surface area is 110 Å². The van der Waals surface area contributed by atoms with E-state index in [1.165, 1.54) is 12.1 Å². The second-order valence-electron chi connectivity index (χ2n) is 3.25. The lowest BCUT2D eigenvalue weighted by molar-refractivity contribution is 0.0318. The van der Waals surface area contributed by atoms with Crippen LogP contribution >= 0.6 is 23.2 Å². The summed E-state index contributed by atoms with van der Waals surface area (Å²) >= 11 is 11.3. The molecule has 17 heavy (non-hydrogen) atoms. The van der Waals surface area contributed by atoms with Crippen LogP contribution in [0.4, 0.5) is 0 Å². The third-order valence-corrected chi connectivity index (χ3v) is 2.20. The van der Waals surface area contributed by atoms with Gasteiger partial charge in [0.25, 0.3) is 0 Å². The smallest absolute Gasteiger partial charge is 0.338 e. The molecule has 4 nitrogen and oxygen atoms in total. The number of nitrogens with zero attached hydrogens (tertiary/aromatic N) is 1. The van der Waals surface area contributed by atoms with Crippen LogP contribution in [0.3, 0.4) is 0 Å². The standard InChI is InChI=1S/C11H13Cl2NO3/c1-2-3-16-4-5-17-11(15)8-6-9(12)14-10(13)7-8/h6-7H,2-5H2,1H3. The van der Waals surface area contributed by atoms with Crippen molar-refractivity contribution in [2.45, 2.75) is 13.3 Å². The predicted octanol–water partition coefficient (Wildman–Crippen LogP) is 2.97. The van der Waals surface area contributed by atoms with Crippen LogP contribution in [0.5, 0.6) is 0 Å². The molecular formula is C11H13Cl2NO3. The van der Waals surface area contributed by atoms with Gasteiger partial charge in [0.2, 0.25) is 0 Å². The Morgan fingerprint density at radius 1 is 1.24 bits per heavy atom. The summed E-state index contributed by atoms with van der Waals surface area (Å²) < 4.78 is 10.2. The van der Waals surface area contributed by atoms with Crippen LogP contribution in [0, 0.1) is 0 Å². The van der Waals surface area contributed by atoms with Crippen molar-refractivity contribution in [2.24, 2.45) is 0 Å². The average Bonchev–Trinajstić information content (AvgIpc) is 2.27. The normalized spacial score (nSPS) is 10.3. The van der Waals surface area contributed by atoms with Gasteiger partial charge in [-0.3, -0.25) is 0 Å². The zero-order chi connectivity index (χ0) is 12.7. The highest BCUT2D eigenvalue weighted by molar-refractivity contribution is 6.32. The Bertz CT molecular complexity index is 365. The van der Waals surface area contributed by atoms with Gasteiger partial charge in [-0.25, -0.2) is 9.78 Å². The fraction of sp³-hybridized carbons (Fsp3) is 0.455. The van der Waals surface area contributed by atoms with E-state index in [4.69, 9.17) is 32.7 Å². The molecule has 0 N–H and O–H groups in total. The van der Waals surface area contributed by atoms with Crippen LogP contribution in [0.2, 0.25) is 10.3 Å². The second-order valence-corrected chi connectivity index (χ2v) is 4.02. The minimum Gasteiger partial charge on any atom is -0.460 e. The van der Waals surface area contributed by atoms with Crippen LogP contribution in [0.25, 0.3) is 0 Å². The maximum absolute atomic E-state index is 11.6. The molecule has 0 saturated heterocycles. The highest BCUT2D eigenvalue weighted by Gasteiger charge is 2.09. The molecule has 0 aromatic carbocycles. The van der Waals surface area contributed by atoms with Crippen LogP contribution in [-0.2, 0) is 9.47 Å². The topological polar surface area (TPSA) is 48.4 Å². The third-order valence-electron chi connectivity index (χ3n) is 1.81. The van der Waals surface area contributed by atoms with Gasteiger partial charge in [-0.2, -0.15) is 0 Å². The lowest BCUT2D eigenvalue weighted by atomic mass is 10.3. The molecule has 0 fully saturated rings. The van der Waals surface area contributed by atoms with Gasteiger partial charge in [-0.1, -0.05) is 30.1 Å². The molecule has 1 aromatic rings. The number of hydrogen-bond acceptors (Lipinski definition) is 4. The summed E-state index contributed by atoms with van der Waals surface area (Å²) in [6.45, 7) is 3.25.